The van der Waals surface area contributed by atoms with Crippen LogP contribution in [0.25, 0.3) is 0 Å². The molecular formula is C11H23N3O2. The molecule has 0 spiro atoms. The highest BCUT2D eigenvalue weighted by Gasteiger charge is 2.24. The van der Waals surface area contributed by atoms with Crippen LogP contribution in [0.15, 0.2) is 0 Å². The molecule has 0 aromatic heterocycles. The van der Waals surface area contributed by atoms with Gasteiger partial charge in [0.1, 0.15) is 0 Å². The molecule has 0 bridgehead atoms. The molecule has 0 saturated carbocycles. The lowest BCUT2D eigenvalue weighted by atomic mass is 10.1. The second-order valence-corrected chi connectivity index (χ2v) is 4.60. The number of likely N-dealkylation sites (N-methyl/N-ethyl adjacent to an activating group) is 1. The van der Waals surface area contributed by atoms with Gasteiger partial charge in [-0.25, -0.2) is 0 Å². The first-order valence-electron chi connectivity index (χ1n) is 5.56. The van der Waals surface area contributed by atoms with Crippen molar-refractivity contribution >= 4 is 11.8 Å². The van der Waals surface area contributed by atoms with Crippen LogP contribution in [0, 0.1) is 0 Å². The van der Waals surface area contributed by atoms with Crippen molar-refractivity contribution in [2.24, 2.45) is 0 Å². The van der Waals surface area contributed by atoms with Crippen LogP contribution in [-0.2, 0) is 9.59 Å². The fraction of sp³-hybridized carbons (Fsp3) is 0.818. The van der Waals surface area contributed by atoms with Gasteiger partial charge in [-0.3, -0.25) is 9.59 Å². The van der Waals surface area contributed by atoms with Gasteiger partial charge in [0.2, 0.25) is 11.8 Å². The van der Waals surface area contributed by atoms with Crippen molar-refractivity contribution in [3.63, 3.8) is 0 Å². The summed E-state index contributed by atoms with van der Waals surface area (Å²) in [6.07, 6.45) is 0.309. The van der Waals surface area contributed by atoms with E-state index in [1.54, 1.807) is 20.9 Å². The van der Waals surface area contributed by atoms with E-state index < -0.39 is 5.54 Å². The van der Waals surface area contributed by atoms with E-state index in [0.29, 0.717) is 13.0 Å². The average molecular weight is 229 g/mol. The number of carbonyl (C=O) groups is 2. The Balaban J connectivity index is 3.83. The Morgan fingerprint density at radius 3 is 2.25 bits per heavy atom. The normalized spacial score (nSPS) is 11.4. The predicted octanol–water partition coefficient (Wildman–Crippen LogP) is 0.0153. The van der Waals surface area contributed by atoms with Gasteiger partial charge in [0, 0.05) is 19.0 Å². The molecule has 0 atom stereocenters. The van der Waals surface area contributed by atoms with Crippen LogP contribution < -0.4 is 16.0 Å². The van der Waals surface area contributed by atoms with Crippen molar-refractivity contribution in [2.75, 3.05) is 13.6 Å². The maximum atomic E-state index is 11.6. The van der Waals surface area contributed by atoms with Crippen molar-refractivity contribution in [3.8, 4) is 0 Å². The molecule has 0 aromatic carbocycles. The minimum absolute atomic E-state index is 0.0439. The third kappa shape index (κ3) is 5.70. The Kier molecular flexibility index (Phi) is 6.03. The number of nitrogens with one attached hydrogen (secondary N) is 3. The number of hydrogen-bond acceptors (Lipinski definition) is 3. The first kappa shape index (κ1) is 14.9. The molecule has 0 aliphatic rings. The SMILES string of the molecule is CNC(C)(C)C(=O)NCCC(=O)NC(C)C. The van der Waals surface area contributed by atoms with Gasteiger partial charge in [-0.05, 0) is 34.7 Å². The van der Waals surface area contributed by atoms with Crippen molar-refractivity contribution in [1.82, 2.24) is 16.0 Å². The zero-order chi connectivity index (χ0) is 12.8. The number of amides is 2. The van der Waals surface area contributed by atoms with Crippen LogP contribution >= 0.6 is 0 Å². The summed E-state index contributed by atoms with van der Waals surface area (Å²) in [6.45, 7) is 7.75. The molecule has 0 aliphatic carbocycles. The van der Waals surface area contributed by atoms with E-state index in [2.05, 4.69) is 16.0 Å². The molecule has 0 saturated heterocycles. The fourth-order valence-electron chi connectivity index (χ4n) is 1.02. The molecule has 2 amide bonds. The lowest BCUT2D eigenvalue weighted by Crippen LogP contribution is -2.51. The summed E-state index contributed by atoms with van der Waals surface area (Å²) in [5.41, 5.74) is -0.603. The minimum Gasteiger partial charge on any atom is -0.354 e. The summed E-state index contributed by atoms with van der Waals surface area (Å²) < 4.78 is 0. The molecule has 16 heavy (non-hydrogen) atoms. The quantitative estimate of drug-likeness (QED) is 0.601. The van der Waals surface area contributed by atoms with Crippen LogP contribution in [0.4, 0.5) is 0 Å². The molecule has 0 rings (SSSR count). The zero-order valence-electron chi connectivity index (χ0n) is 10.8. The molecule has 5 heteroatoms. The van der Waals surface area contributed by atoms with E-state index in [4.69, 9.17) is 0 Å². The van der Waals surface area contributed by atoms with Gasteiger partial charge in [-0.15, -0.1) is 0 Å². The van der Waals surface area contributed by atoms with Gasteiger partial charge in [-0.1, -0.05) is 0 Å². The van der Waals surface area contributed by atoms with E-state index >= 15 is 0 Å². The molecule has 0 aliphatic heterocycles. The molecule has 94 valence electrons. The lowest BCUT2D eigenvalue weighted by molar-refractivity contribution is -0.126. The summed E-state index contributed by atoms with van der Waals surface area (Å²) in [7, 11) is 1.73. The van der Waals surface area contributed by atoms with Gasteiger partial charge < -0.3 is 16.0 Å². The molecule has 0 radical (unpaired) electrons. The van der Waals surface area contributed by atoms with Gasteiger partial charge in [0.15, 0.2) is 0 Å². The Hall–Kier alpha value is -1.10. The molecule has 0 fully saturated rings. The van der Waals surface area contributed by atoms with Gasteiger partial charge in [0.25, 0.3) is 0 Å². The van der Waals surface area contributed by atoms with E-state index in [1.165, 1.54) is 0 Å². The molecule has 0 aromatic rings. The Labute approximate surface area is 97.4 Å². The minimum atomic E-state index is -0.603. The highest BCUT2D eigenvalue weighted by molar-refractivity contribution is 5.86. The van der Waals surface area contributed by atoms with Crippen LogP contribution in [0.1, 0.15) is 34.1 Å². The van der Waals surface area contributed by atoms with Crippen molar-refractivity contribution in [2.45, 2.75) is 45.7 Å². The molecule has 5 nitrogen and oxygen atoms in total. The highest BCUT2D eigenvalue weighted by atomic mass is 16.2. The molecule has 3 N–H and O–H groups in total. The first-order chi connectivity index (χ1) is 7.29. The van der Waals surface area contributed by atoms with E-state index in [0.717, 1.165) is 0 Å². The summed E-state index contributed by atoms with van der Waals surface area (Å²) >= 11 is 0. The summed E-state index contributed by atoms with van der Waals surface area (Å²) in [5, 5.41) is 8.38. The summed E-state index contributed by atoms with van der Waals surface area (Å²) in [5.74, 6) is -0.148. The zero-order valence-corrected chi connectivity index (χ0v) is 10.8. The van der Waals surface area contributed by atoms with Gasteiger partial charge in [-0.2, -0.15) is 0 Å². The average Bonchev–Trinajstić information content (AvgIpc) is 2.16. The molecule has 0 heterocycles. The summed E-state index contributed by atoms with van der Waals surface area (Å²) in [6, 6.07) is 0.136. The molecular weight excluding hydrogens is 206 g/mol. The Morgan fingerprint density at radius 2 is 1.81 bits per heavy atom. The number of hydrogen-bond donors (Lipinski definition) is 3. The largest absolute Gasteiger partial charge is 0.354 e. The van der Waals surface area contributed by atoms with Gasteiger partial charge in [0.05, 0.1) is 5.54 Å². The third-order valence-electron chi connectivity index (χ3n) is 2.28. The second-order valence-electron chi connectivity index (χ2n) is 4.60. The van der Waals surface area contributed by atoms with E-state index in [-0.39, 0.29) is 17.9 Å². The van der Waals surface area contributed by atoms with Crippen molar-refractivity contribution in [1.29, 1.82) is 0 Å². The summed E-state index contributed by atoms with van der Waals surface area (Å²) in [4.78, 5) is 22.9. The number of carbonyl (C=O) groups excluding carboxylic acids is 2. The smallest absolute Gasteiger partial charge is 0.239 e. The second kappa shape index (κ2) is 6.48. The predicted molar refractivity (Wildman–Crippen MR) is 64.0 cm³/mol. The van der Waals surface area contributed by atoms with Crippen LogP contribution in [0.3, 0.4) is 0 Å². The first-order valence-corrected chi connectivity index (χ1v) is 5.56. The lowest BCUT2D eigenvalue weighted by Gasteiger charge is -2.22. The van der Waals surface area contributed by atoms with E-state index in [9.17, 15) is 9.59 Å². The van der Waals surface area contributed by atoms with Crippen LogP contribution in [0.5, 0.6) is 0 Å². The monoisotopic (exact) mass is 229 g/mol. The Bertz CT molecular complexity index is 250. The van der Waals surface area contributed by atoms with Gasteiger partial charge >= 0.3 is 0 Å². The number of rotatable bonds is 6. The standard InChI is InChI=1S/C11H23N3O2/c1-8(2)14-9(15)6-7-13-10(16)11(3,4)12-5/h8,12H,6-7H2,1-5H3,(H,13,16)(H,14,15). The highest BCUT2D eigenvalue weighted by Crippen LogP contribution is 1.99. The van der Waals surface area contributed by atoms with E-state index in [1.807, 2.05) is 13.8 Å². The van der Waals surface area contributed by atoms with Crippen LogP contribution in [0.2, 0.25) is 0 Å². The maximum Gasteiger partial charge on any atom is 0.239 e. The maximum absolute atomic E-state index is 11.6. The molecule has 0 unspecified atom stereocenters. The van der Waals surface area contributed by atoms with Crippen molar-refractivity contribution in [3.05, 3.63) is 0 Å². The third-order valence-corrected chi connectivity index (χ3v) is 2.28. The topological polar surface area (TPSA) is 70.2 Å². The van der Waals surface area contributed by atoms with Crippen molar-refractivity contribution < 1.29 is 9.59 Å². The van der Waals surface area contributed by atoms with Crippen LogP contribution in [-0.4, -0.2) is 37.0 Å². The Morgan fingerprint density at radius 1 is 1.25 bits per heavy atom. The fourth-order valence-corrected chi connectivity index (χ4v) is 1.02.